The third-order valence-electron chi connectivity index (χ3n) is 12.5. The SMILES string of the molecule is Cc1cc(-c2cccc3c2[nH]c2sc4ccccc4c23)c2c(c1)N(c1cc3c(cc1C)C(C)(C)CCC3(C)C)c1c(ccc3c1sc1ccccc13)[B]2. The normalized spacial score (nSPS) is 16.0. The van der Waals surface area contributed by atoms with Gasteiger partial charge in [0.2, 0.25) is 0 Å². The van der Waals surface area contributed by atoms with Crippen LogP contribution in [-0.2, 0) is 10.8 Å². The van der Waals surface area contributed by atoms with Crippen LogP contribution >= 0.6 is 22.7 Å². The van der Waals surface area contributed by atoms with E-state index in [1.807, 2.05) is 22.7 Å². The van der Waals surface area contributed by atoms with Crippen molar-refractivity contribution < 1.29 is 0 Å². The molecule has 1 radical (unpaired) electrons. The minimum Gasteiger partial charge on any atom is -0.346 e. The number of thiophene rings is 2. The van der Waals surface area contributed by atoms with E-state index in [1.165, 1.54) is 126 Å². The number of rotatable bonds is 2. The molecule has 2 aliphatic rings. The lowest BCUT2D eigenvalue weighted by molar-refractivity contribution is 0.332. The predicted octanol–water partition coefficient (Wildman–Crippen LogP) is 13.0. The lowest BCUT2D eigenvalue weighted by atomic mass is 9.57. The molecule has 2 nitrogen and oxygen atoms in total. The summed E-state index contributed by atoms with van der Waals surface area (Å²) in [5.74, 6) is 0. The Morgan fingerprint density at radius 1 is 0.642 bits per heavy atom. The summed E-state index contributed by atoms with van der Waals surface area (Å²) in [7, 11) is 2.47. The van der Waals surface area contributed by atoms with E-state index in [0.717, 1.165) is 0 Å². The van der Waals surface area contributed by atoms with Crippen molar-refractivity contribution in [2.24, 2.45) is 0 Å². The maximum atomic E-state index is 3.91. The smallest absolute Gasteiger partial charge is 0.197 e. The van der Waals surface area contributed by atoms with Crippen molar-refractivity contribution in [2.75, 3.05) is 4.90 Å². The highest BCUT2D eigenvalue weighted by Crippen LogP contribution is 2.52. The Hall–Kier alpha value is -4.84. The standard InChI is InChI=1S/C48H40BN2S2/c1-26-22-33(29-14-11-15-32-41-31-13-8-10-17-40(31)53-46(41)50-43(29)32)42-38(23-26)51(37-25-35-34(24-27(37)2)47(3,4)20-21-48(35,5)6)44-36(49-42)19-18-30-28-12-7-9-16-39(28)52-45(30)44/h7-19,22-25,50H,20-21H2,1-6H3. The van der Waals surface area contributed by atoms with Gasteiger partial charge in [-0.25, -0.2) is 0 Å². The Balaban J connectivity index is 1.22. The van der Waals surface area contributed by atoms with Crippen molar-refractivity contribution in [1.29, 1.82) is 0 Å². The Morgan fingerprint density at radius 3 is 2.13 bits per heavy atom. The van der Waals surface area contributed by atoms with Crippen LogP contribution < -0.4 is 15.8 Å². The van der Waals surface area contributed by atoms with E-state index in [2.05, 4.69) is 162 Å². The van der Waals surface area contributed by atoms with Gasteiger partial charge in [0.1, 0.15) is 4.83 Å². The monoisotopic (exact) mass is 719 g/mol. The zero-order chi connectivity index (χ0) is 36.0. The maximum Gasteiger partial charge on any atom is 0.197 e. The fourth-order valence-electron chi connectivity index (χ4n) is 9.59. The predicted molar refractivity (Wildman–Crippen MR) is 234 cm³/mol. The summed E-state index contributed by atoms with van der Waals surface area (Å²) in [6.07, 6.45) is 2.39. The van der Waals surface area contributed by atoms with Crippen LogP contribution in [0.5, 0.6) is 0 Å². The van der Waals surface area contributed by atoms with Gasteiger partial charge in [-0.2, -0.15) is 0 Å². The van der Waals surface area contributed by atoms with Crippen LogP contribution in [0.3, 0.4) is 0 Å². The van der Waals surface area contributed by atoms with Gasteiger partial charge in [-0.3, -0.25) is 0 Å². The van der Waals surface area contributed by atoms with Gasteiger partial charge in [0.15, 0.2) is 7.28 Å². The number of para-hydroxylation sites is 1. The topological polar surface area (TPSA) is 19.0 Å². The fourth-order valence-corrected chi connectivity index (χ4v) is 12.0. The lowest BCUT2D eigenvalue weighted by Gasteiger charge is -2.44. The number of nitrogens with one attached hydrogen (secondary N) is 1. The molecule has 0 fully saturated rings. The first-order chi connectivity index (χ1) is 25.6. The minimum atomic E-state index is 0.0998. The van der Waals surface area contributed by atoms with Gasteiger partial charge in [-0.15, -0.1) is 22.7 Å². The minimum absolute atomic E-state index is 0.0998. The van der Waals surface area contributed by atoms with Gasteiger partial charge in [0, 0.05) is 53.3 Å². The van der Waals surface area contributed by atoms with Crippen molar-refractivity contribution in [3.63, 3.8) is 0 Å². The van der Waals surface area contributed by atoms with Crippen molar-refractivity contribution in [3.8, 4) is 11.1 Å². The zero-order valence-corrected chi connectivity index (χ0v) is 32.7. The Kier molecular flexibility index (Phi) is 6.50. The molecular weight excluding hydrogens is 679 g/mol. The largest absolute Gasteiger partial charge is 0.346 e. The zero-order valence-electron chi connectivity index (χ0n) is 31.1. The van der Waals surface area contributed by atoms with Gasteiger partial charge in [-0.1, -0.05) is 112 Å². The Bertz CT molecular complexity index is 3030. The highest BCUT2D eigenvalue weighted by atomic mass is 32.1. The molecule has 5 heteroatoms. The molecule has 6 aromatic carbocycles. The summed E-state index contributed by atoms with van der Waals surface area (Å²) in [5, 5.41) is 6.62. The van der Waals surface area contributed by atoms with Crippen LogP contribution in [0.1, 0.15) is 62.8 Å². The summed E-state index contributed by atoms with van der Waals surface area (Å²) < 4.78 is 4.01. The molecule has 1 aliphatic carbocycles. The summed E-state index contributed by atoms with van der Waals surface area (Å²) >= 11 is 3.79. The molecule has 0 atom stereocenters. The van der Waals surface area contributed by atoms with E-state index < -0.39 is 0 Å². The number of fused-ring (bicyclic) bond motifs is 12. The number of anilines is 3. The van der Waals surface area contributed by atoms with E-state index in [1.54, 1.807) is 0 Å². The van der Waals surface area contributed by atoms with Crippen LogP contribution in [-0.4, -0.2) is 12.3 Å². The molecule has 0 saturated heterocycles. The first kappa shape index (κ1) is 31.7. The lowest BCUT2D eigenvalue weighted by Crippen LogP contribution is -2.41. The molecule has 0 saturated carbocycles. The molecule has 1 aliphatic heterocycles. The van der Waals surface area contributed by atoms with Gasteiger partial charge in [0.25, 0.3) is 0 Å². The number of aryl methyl sites for hydroxylation is 2. The first-order valence-electron chi connectivity index (χ1n) is 18.9. The quantitative estimate of drug-likeness (QED) is 0.176. The van der Waals surface area contributed by atoms with E-state index in [4.69, 9.17) is 0 Å². The second-order valence-electron chi connectivity index (χ2n) is 16.8. The molecular formula is C48H40BN2S2. The third-order valence-corrected chi connectivity index (χ3v) is 14.8. The van der Waals surface area contributed by atoms with Crippen LogP contribution in [0.2, 0.25) is 0 Å². The van der Waals surface area contributed by atoms with E-state index in [9.17, 15) is 0 Å². The van der Waals surface area contributed by atoms with Crippen LogP contribution in [0.15, 0.2) is 103 Å². The number of aromatic amines is 1. The highest BCUT2D eigenvalue weighted by molar-refractivity contribution is 7.26. The molecule has 257 valence electrons. The molecule has 0 amide bonds. The van der Waals surface area contributed by atoms with Gasteiger partial charge in [-0.05, 0) is 95.1 Å². The summed E-state index contributed by atoms with van der Waals surface area (Å²) in [6.45, 7) is 14.4. The van der Waals surface area contributed by atoms with E-state index >= 15 is 0 Å². The molecule has 3 aromatic heterocycles. The summed E-state index contributed by atoms with van der Waals surface area (Å²) in [6, 6.07) is 39.2. The van der Waals surface area contributed by atoms with E-state index in [0.29, 0.717) is 0 Å². The second kappa shape index (κ2) is 10.9. The second-order valence-corrected chi connectivity index (χ2v) is 18.9. The average Bonchev–Trinajstić information content (AvgIpc) is 3.82. The Morgan fingerprint density at radius 2 is 1.34 bits per heavy atom. The summed E-state index contributed by atoms with van der Waals surface area (Å²) in [5.41, 5.74) is 16.0. The van der Waals surface area contributed by atoms with Gasteiger partial charge in [0.05, 0.1) is 15.9 Å². The molecule has 4 heterocycles. The number of benzene rings is 6. The number of hydrogen-bond acceptors (Lipinski definition) is 3. The molecule has 0 bridgehead atoms. The van der Waals surface area contributed by atoms with Crippen molar-refractivity contribution in [1.82, 2.24) is 4.98 Å². The van der Waals surface area contributed by atoms with Crippen molar-refractivity contribution in [2.45, 2.75) is 65.2 Å². The number of nitrogens with zero attached hydrogens (tertiary/aromatic N) is 1. The summed E-state index contributed by atoms with van der Waals surface area (Å²) in [4.78, 5) is 7.80. The molecule has 1 N–H and O–H groups in total. The van der Waals surface area contributed by atoms with E-state index in [-0.39, 0.29) is 10.8 Å². The van der Waals surface area contributed by atoms with Crippen molar-refractivity contribution >= 4 is 109 Å². The van der Waals surface area contributed by atoms with Crippen LogP contribution in [0.4, 0.5) is 17.1 Å². The highest BCUT2D eigenvalue weighted by Gasteiger charge is 2.39. The Labute approximate surface area is 319 Å². The van der Waals surface area contributed by atoms with Gasteiger partial charge >= 0.3 is 0 Å². The number of aromatic nitrogens is 1. The van der Waals surface area contributed by atoms with Crippen molar-refractivity contribution in [3.05, 3.63) is 125 Å². The average molecular weight is 720 g/mol. The van der Waals surface area contributed by atoms with Gasteiger partial charge < -0.3 is 9.88 Å². The molecule has 0 spiro atoms. The molecule has 9 aromatic rings. The maximum absolute atomic E-state index is 3.91. The van der Waals surface area contributed by atoms with Crippen LogP contribution in [0.25, 0.3) is 62.5 Å². The third kappa shape index (κ3) is 4.44. The molecule has 0 unspecified atom stereocenters. The van der Waals surface area contributed by atoms with Crippen LogP contribution in [0, 0.1) is 13.8 Å². The number of hydrogen-bond donors (Lipinski definition) is 1. The molecule has 53 heavy (non-hydrogen) atoms. The fraction of sp³-hybridized carbons (Fsp3) is 0.208. The first-order valence-corrected chi connectivity index (χ1v) is 20.5. The molecule has 11 rings (SSSR count). The number of H-pyrrole nitrogens is 1.